The van der Waals surface area contributed by atoms with Crippen LogP contribution in [0.5, 0.6) is 0 Å². The van der Waals surface area contributed by atoms with Crippen LogP contribution in [0, 0.1) is 0 Å². The molecule has 0 atom stereocenters. The molecule has 0 saturated carbocycles. The molecule has 5 nitrogen and oxygen atoms in total. The lowest BCUT2D eigenvalue weighted by molar-refractivity contribution is 0.761. The van der Waals surface area contributed by atoms with Crippen molar-refractivity contribution in [2.75, 3.05) is 11.9 Å². The Morgan fingerprint density at radius 2 is 2.05 bits per heavy atom. The first-order valence-corrected chi connectivity index (χ1v) is 6.90. The normalized spacial score (nSPS) is 10.7. The van der Waals surface area contributed by atoms with Crippen LogP contribution in [0.25, 0.3) is 11.5 Å². The molecule has 0 spiro atoms. The Bertz CT molecular complexity index is 508. The van der Waals surface area contributed by atoms with Gasteiger partial charge in [-0.1, -0.05) is 13.3 Å². The monoisotopic (exact) mass is 259 g/mol. The molecule has 0 unspecified atom stereocenters. The van der Waals surface area contributed by atoms with Crippen molar-refractivity contribution in [3.63, 3.8) is 0 Å². The first kappa shape index (κ1) is 13.5. The van der Waals surface area contributed by atoms with Crippen molar-refractivity contribution < 1.29 is 0 Å². The Hall–Kier alpha value is -1.91. The third-order valence-corrected chi connectivity index (χ3v) is 2.93. The zero-order valence-corrected chi connectivity index (χ0v) is 11.8. The van der Waals surface area contributed by atoms with Gasteiger partial charge < -0.3 is 9.88 Å². The molecular formula is C14H21N5. The molecule has 5 heteroatoms. The Morgan fingerprint density at radius 3 is 2.74 bits per heavy atom. The number of nitrogens with one attached hydrogen (secondary N) is 1. The fourth-order valence-electron chi connectivity index (χ4n) is 2.03. The number of hydrogen-bond acceptors (Lipinski definition) is 4. The molecule has 0 bridgehead atoms. The minimum Gasteiger partial charge on any atom is -0.370 e. The van der Waals surface area contributed by atoms with E-state index in [2.05, 4.69) is 45.6 Å². The molecule has 2 rings (SSSR count). The maximum atomic E-state index is 4.64. The summed E-state index contributed by atoms with van der Waals surface area (Å²) in [4.78, 5) is 13.4. The van der Waals surface area contributed by atoms with E-state index in [9.17, 15) is 0 Å². The van der Waals surface area contributed by atoms with Crippen molar-refractivity contribution in [2.24, 2.45) is 0 Å². The molecule has 0 aromatic carbocycles. The highest BCUT2D eigenvalue weighted by atomic mass is 15.1. The Labute approximate surface area is 114 Å². The number of hydrogen-bond donors (Lipinski definition) is 1. The number of anilines is 1. The molecule has 102 valence electrons. The molecule has 0 aliphatic rings. The highest BCUT2D eigenvalue weighted by molar-refractivity contribution is 5.53. The third-order valence-electron chi connectivity index (χ3n) is 2.93. The van der Waals surface area contributed by atoms with Crippen LogP contribution in [0.1, 0.15) is 32.9 Å². The average molecular weight is 259 g/mol. The second kappa shape index (κ2) is 6.31. The number of aromatic nitrogens is 4. The van der Waals surface area contributed by atoms with Crippen LogP contribution in [0.3, 0.4) is 0 Å². The van der Waals surface area contributed by atoms with Gasteiger partial charge in [0.1, 0.15) is 11.5 Å². The molecule has 2 aromatic rings. The van der Waals surface area contributed by atoms with Crippen LogP contribution in [0.15, 0.2) is 18.6 Å². The fraction of sp³-hybridized carbons (Fsp3) is 0.500. The van der Waals surface area contributed by atoms with Gasteiger partial charge in [0.15, 0.2) is 5.82 Å². The summed E-state index contributed by atoms with van der Waals surface area (Å²) in [5.41, 5.74) is 2.05. The van der Waals surface area contributed by atoms with Gasteiger partial charge in [-0.15, -0.1) is 0 Å². The minimum atomic E-state index is 0.751. The quantitative estimate of drug-likeness (QED) is 0.866. The molecule has 19 heavy (non-hydrogen) atoms. The molecule has 0 saturated heterocycles. The lowest BCUT2D eigenvalue weighted by atomic mass is 10.2. The molecule has 0 fully saturated rings. The van der Waals surface area contributed by atoms with Crippen molar-refractivity contribution >= 4 is 5.82 Å². The van der Waals surface area contributed by atoms with Gasteiger partial charge in [-0.05, 0) is 20.3 Å². The van der Waals surface area contributed by atoms with Gasteiger partial charge >= 0.3 is 0 Å². The maximum Gasteiger partial charge on any atom is 0.180 e. The molecule has 0 radical (unpaired) electrons. The molecule has 0 amide bonds. The van der Waals surface area contributed by atoms with E-state index in [1.165, 1.54) is 0 Å². The van der Waals surface area contributed by atoms with Crippen molar-refractivity contribution in [1.29, 1.82) is 0 Å². The first-order chi connectivity index (χ1) is 9.28. The minimum absolute atomic E-state index is 0.751. The Balaban J connectivity index is 2.43. The van der Waals surface area contributed by atoms with Crippen LogP contribution in [-0.2, 0) is 13.0 Å². The second-order valence-electron chi connectivity index (χ2n) is 4.41. The average Bonchev–Trinajstić information content (AvgIpc) is 2.87. The maximum absolute atomic E-state index is 4.64. The number of imidazole rings is 1. The van der Waals surface area contributed by atoms with Gasteiger partial charge in [0.2, 0.25) is 0 Å². The van der Waals surface area contributed by atoms with E-state index in [-0.39, 0.29) is 0 Å². The summed E-state index contributed by atoms with van der Waals surface area (Å²) in [6, 6.07) is 2.03. The standard InChI is InChI=1S/C14H21N5/c1-4-7-11-8-13(16-5-2)18-14(17-11)12-9-15-10-19(12)6-3/h8-10H,4-7H2,1-3H3,(H,16,17,18). The van der Waals surface area contributed by atoms with Gasteiger partial charge in [-0.2, -0.15) is 0 Å². The molecule has 1 N–H and O–H groups in total. The summed E-state index contributed by atoms with van der Waals surface area (Å²) in [6.07, 6.45) is 5.69. The largest absolute Gasteiger partial charge is 0.370 e. The highest BCUT2D eigenvalue weighted by Crippen LogP contribution is 2.18. The van der Waals surface area contributed by atoms with Crippen molar-refractivity contribution in [1.82, 2.24) is 19.5 Å². The zero-order chi connectivity index (χ0) is 13.7. The smallest absolute Gasteiger partial charge is 0.180 e. The van der Waals surface area contributed by atoms with Crippen LogP contribution in [0.2, 0.25) is 0 Å². The highest BCUT2D eigenvalue weighted by Gasteiger charge is 2.10. The predicted molar refractivity (Wildman–Crippen MR) is 77.1 cm³/mol. The number of nitrogens with zero attached hydrogens (tertiary/aromatic N) is 4. The summed E-state index contributed by atoms with van der Waals surface area (Å²) in [5, 5.41) is 3.27. The SMILES string of the molecule is CCCc1cc(NCC)nc(-c2cncn2CC)n1. The molecule has 2 aromatic heterocycles. The van der Waals surface area contributed by atoms with Crippen LogP contribution in [0.4, 0.5) is 5.82 Å². The lowest BCUT2D eigenvalue weighted by Gasteiger charge is -2.09. The van der Waals surface area contributed by atoms with E-state index in [1.54, 1.807) is 0 Å². The fourth-order valence-corrected chi connectivity index (χ4v) is 2.03. The van der Waals surface area contributed by atoms with E-state index in [0.717, 1.165) is 49.0 Å². The van der Waals surface area contributed by atoms with E-state index < -0.39 is 0 Å². The third kappa shape index (κ3) is 3.10. The summed E-state index contributed by atoms with van der Waals surface area (Å²) in [6.45, 7) is 8.04. The van der Waals surface area contributed by atoms with Gasteiger partial charge in [-0.3, -0.25) is 0 Å². The molecule has 0 aliphatic carbocycles. The lowest BCUT2D eigenvalue weighted by Crippen LogP contribution is -2.06. The number of aryl methyl sites for hydroxylation is 2. The zero-order valence-electron chi connectivity index (χ0n) is 11.8. The molecule has 0 aliphatic heterocycles. The predicted octanol–water partition coefficient (Wildman–Crippen LogP) is 2.74. The first-order valence-electron chi connectivity index (χ1n) is 6.90. The second-order valence-corrected chi connectivity index (χ2v) is 4.41. The van der Waals surface area contributed by atoms with Gasteiger partial charge in [0, 0.05) is 24.8 Å². The van der Waals surface area contributed by atoms with Gasteiger partial charge in [-0.25, -0.2) is 15.0 Å². The summed E-state index contributed by atoms with van der Waals surface area (Å²) < 4.78 is 2.06. The molecule has 2 heterocycles. The van der Waals surface area contributed by atoms with Crippen molar-refractivity contribution in [2.45, 2.75) is 40.2 Å². The van der Waals surface area contributed by atoms with Crippen LogP contribution < -0.4 is 5.32 Å². The van der Waals surface area contributed by atoms with E-state index in [0.29, 0.717) is 0 Å². The summed E-state index contributed by atoms with van der Waals surface area (Å²) >= 11 is 0. The summed E-state index contributed by atoms with van der Waals surface area (Å²) in [7, 11) is 0. The van der Waals surface area contributed by atoms with Gasteiger partial charge in [0.25, 0.3) is 0 Å². The van der Waals surface area contributed by atoms with Crippen LogP contribution >= 0.6 is 0 Å². The van der Waals surface area contributed by atoms with E-state index >= 15 is 0 Å². The Kier molecular flexibility index (Phi) is 4.49. The number of rotatable bonds is 6. The Morgan fingerprint density at radius 1 is 1.21 bits per heavy atom. The van der Waals surface area contributed by atoms with Crippen molar-refractivity contribution in [3.05, 3.63) is 24.3 Å². The topological polar surface area (TPSA) is 55.6 Å². The summed E-state index contributed by atoms with van der Waals surface area (Å²) in [5.74, 6) is 1.64. The van der Waals surface area contributed by atoms with Gasteiger partial charge in [0.05, 0.1) is 12.5 Å². The van der Waals surface area contributed by atoms with Crippen molar-refractivity contribution in [3.8, 4) is 11.5 Å². The van der Waals surface area contributed by atoms with E-state index in [1.807, 2.05) is 18.6 Å². The van der Waals surface area contributed by atoms with Crippen LogP contribution in [-0.4, -0.2) is 26.1 Å². The molecular weight excluding hydrogens is 238 g/mol. The van der Waals surface area contributed by atoms with E-state index in [4.69, 9.17) is 0 Å².